The molecule has 0 saturated heterocycles. The molecule has 1 heterocycles. The molecule has 6 nitrogen and oxygen atoms in total. The molecule has 40 heavy (non-hydrogen) atoms. The fourth-order valence-electron chi connectivity index (χ4n) is 4.28. The summed E-state index contributed by atoms with van der Waals surface area (Å²) in [6.45, 7) is 11.6. The predicted octanol–water partition coefficient (Wildman–Crippen LogP) is 9.67. The van der Waals surface area contributed by atoms with Gasteiger partial charge in [0.05, 0.1) is 29.0 Å². The zero-order chi connectivity index (χ0) is 30.2. The van der Waals surface area contributed by atoms with Gasteiger partial charge in [-0.25, -0.2) is 13.8 Å². The summed E-state index contributed by atoms with van der Waals surface area (Å²) in [5.41, 5.74) is -3.07. The molecule has 0 amide bonds. The van der Waals surface area contributed by atoms with Crippen LogP contribution in [-0.4, -0.2) is 28.5 Å². The maximum atomic E-state index is 14.6. The van der Waals surface area contributed by atoms with Crippen molar-refractivity contribution in [2.45, 2.75) is 84.5 Å². The monoisotopic (exact) mass is 649 g/mol. The lowest BCUT2D eigenvalue weighted by Crippen LogP contribution is -2.29. The lowest BCUT2D eigenvalue weighted by Gasteiger charge is -2.31. The molecule has 1 aromatic heterocycles. The molecule has 1 unspecified atom stereocenters. The number of carbonyl (C=O) groups is 1. The summed E-state index contributed by atoms with van der Waals surface area (Å²) in [7, 11) is -4.23. The number of halogens is 5. The van der Waals surface area contributed by atoms with E-state index in [-0.39, 0.29) is 17.7 Å². The van der Waals surface area contributed by atoms with E-state index in [1.54, 1.807) is 72.7 Å². The van der Waals surface area contributed by atoms with Gasteiger partial charge in [0, 0.05) is 9.86 Å². The van der Waals surface area contributed by atoms with Crippen molar-refractivity contribution in [1.82, 2.24) is 4.57 Å². The minimum absolute atomic E-state index is 0.0200. The average Bonchev–Trinajstić information content (AvgIpc) is 3.07. The standard InChI is InChI=1S/C28H33BrF4NO5P/c1-16(2)38-40(36,39-17(3)4)23(15-18-12-13-21(30)20(14-18)28(31,32)33)25-24(29)19-10-8-9-11-22(19)34(25)26(35)37-27(5,6)7/h8-14,16-17,23H,15H2,1-7H3. The number of hydrogen-bond acceptors (Lipinski definition) is 5. The summed E-state index contributed by atoms with van der Waals surface area (Å²) in [6.07, 6.45) is -7.29. The van der Waals surface area contributed by atoms with Crippen molar-refractivity contribution in [2.24, 2.45) is 0 Å². The summed E-state index contributed by atoms with van der Waals surface area (Å²) < 4.78 is 88.6. The molecule has 3 aromatic rings. The van der Waals surface area contributed by atoms with Gasteiger partial charge in [0.15, 0.2) is 0 Å². The van der Waals surface area contributed by atoms with Crippen LogP contribution in [0, 0.1) is 5.82 Å². The molecular weight excluding hydrogens is 617 g/mol. The maximum Gasteiger partial charge on any atom is 0.419 e. The van der Waals surface area contributed by atoms with Crippen molar-refractivity contribution in [3.8, 4) is 0 Å². The van der Waals surface area contributed by atoms with E-state index in [9.17, 15) is 26.9 Å². The second-order valence-electron chi connectivity index (χ2n) is 10.9. The highest BCUT2D eigenvalue weighted by molar-refractivity contribution is 9.10. The molecule has 0 N–H and O–H groups in total. The van der Waals surface area contributed by atoms with Gasteiger partial charge in [-0.15, -0.1) is 0 Å². The number of carbonyl (C=O) groups excluding carboxylic acids is 1. The van der Waals surface area contributed by atoms with E-state index in [1.165, 1.54) is 10.6 Å². The van der Waals surface area contributed by atoms with Crippen LogP contribution in [0.3, 0.4) is 0 Å². The summed E-state index contributed by atoms with van der Waals surface area (Å²) in [5.74, 6) is -1.43. The van der Waals surface area contributed by atoms with Crippen molar-refractivity contribution in [2.75, 3.05) is 0 Å². The Morgan fingerprint density at radius 1 is 1.00 bits per heavy atom. The van der Waals surface area contributed by atoms with E-state index < -0.39 is 54.7 Å². The highest BCUT2D eigenvalue weighted by Crippen LogP contribution is 2.65. The van der Waals surface area contributed by atoms with Crippen LogP contribution in [-0.2, 0) is 30.9 Å². The number of rotatable bonds is 8. The molecular formula is C28H33BrF4NO5P. The van der Waals surface area contributed by atoms with Gasteiger partial charge in [-0.05, 0) is 94.6 Å². The van der Waals surface area contributed by atoms with Gasteiger partial charge in [0.25, 0.3) is 0 Å². The molecule has 1 atom stereocenters. The first kappa shape index (κ1) is 32.3. The largest absolute Gasteiger partial charge is 0.443 e. The van der Waals surface area contributed by atoms with Gasteiger partial charge in [0.2, 0.25) is 0 Å². The zero-order valence-electron chi connectivity index (χ0n) is 23.3. The van der Waals surface area contributed by atoms with Gasteiger partial charge in [-0.1, -0.05) is 24.3 Å². The number of benzene rings is 2. The number of nitrogens with zero attached hydrogens (tertiary/aromatic N) is 1. The summed E-state index contributed by atoms with van der Waals surface area (Å²) in [5, 5.41) is 0.573. The normalized spacial score (nSPS) is 13.8. The van der Waals surface area contributed by atoms with Crippen LogP contribution in [0.2, 0.25) is 0 Å². The lowest BCUT2D eigenvalue weighted by atomic mass is 10.0. The van der Waals surface area contributed by atoms with Crippen LogP contribution in [0.15, 0.2) is 46.9 Å². The highest BCUT2D eigenvalue weighted by Gasteiger charge is 2.44. The third kappa shape index (κ3) is 7.35. The number of para-hydroxylation sites is 1. The van der Waals surface area contributed by atoms with Gasteiger partial charge in [0.1, 0.15) is 17.1 Å². The maximum absolute atomic E-state index is 14.6. The van der Waals surface area contributed by atoms with Crippen molar-refractivity contribution in [1.29, 1.82) is 0 Å². The van der Waals surface area contributed by atoms with Gasteiger partial charge >= 0.3 is 19.9 Å². The van der Waals surface area contributed by atoms with Crippen LogP contribution in [0.5, 0.6) is 0 Å². The smallest absolute Gasteiger partial charge is 0.419 e. The van der Waals surface area contributed by atoms with Crippen LogP contribution in [0.1, 0.15) is 70.9 Å². The minimum Gasteiger partial charge on any atom is -0.443 e. The van der Waals surface area contributed by atoms with Crippen LogP contribution in [0.25, 0.3) is 10.9 Å². The molecule has 2 aromatic carbocycles. The molecule has 0 aliphatic heterocycles. The Bertz CT molecular complexity index is 1410. The van der Waals surface area contributed by atoms with E-state index in [0.717, 1.165) is 0 Å². The Labute approximate surface area is 239 Å². The van der Waals surface area contributed by atoms with Crippen LogP contribution < -0.4 is 0 Å². The van der Waals surface area contributed by atoms with Gasteiger partial charge < -0.3 is 13.8 Å². The molecule has 220 valence electrons. The van der Waals surface area contributed by atoms with Crippen molar-refractivity contribution >= 4 is 40.5 Å². The first-order valence-corrected chi connectivity index (χ1v) is 15.1. The van der Waals surface area contributed by atoms with E-state index in [1.807, 2.05) is 0 Å². The number of alkyl halides is 3. The molecule has 0 fully saturated rings. The van der Waals surface area contributed by atoms with Crippen LogP contribution >= 0.6 is 23.5 Å². The van der Waals surface area contributed by atoms with E-state index in [4.69, 9.17) is 13.8 Å². The topological polar surface area (TPSA) is 66.8 Å². The fraction of sp³-hybridized carbons (Fsp3) is 0.464. The Hall–Kier alpha value is -2.20. The number of ether oxygens (including phenoxy) is 1. The third-order valence-electron chi connectivity index (χ3n) is 5.60. The summed E-state index contributed by atoms with van der Waals surface area (Å²) >= 11 is 3.55. The molecule has 3 rings (SSSR count). The van der Waals surface area contributed by atoms with Gasteiger partial charge in [-0.3, -0.25) is 4.57 Å². The SMILES string of the molecule is CC(C)OP(=O)(OC(C)C)C(Cc1ccc(F)c(C(F)(F)F)c1)c1c(Br)c2ccccc2n1C(=O)OC(C)(C)C. The summed E-state index contributed by atoms with van der Waals surface area (Å²) in [6, 6.07) is 9.42. The molecule has 0 bridgehead atoms. The van der Waals surface area contributed by atoms with E-state index in [2.05, 4.69) is 15.9 Å². The van der Waals surface area contributed by atoms with Crippen molar-refractivity contribution in [3.05, 3.63) is 69.6 Å². The molecule has 0 spiro atoms. The molecule has 12 heteroatoms. The summed E-state index contributed by atoms with van der Waals surface area (Å²) in [4.78, 5) is 13.6. The first-order chi connectivity index (χ1) is 18.3. The van der Waals surface area contributed by atoms with E-state index in [0.29, 0.717) is 27.5 Å². The average molecular weight is 650 g/mol. The highest BCUT2D eigenvalue weighted by atomic mass is 79.9. The second-order valence-corrected chi connectivity index (χ2v) is 13.8. The quantitative estimate of drug-likeness (QED) is 0.179. The second kappa shape index (κ2) is 12.0. The Morgan fingerprint density at radius 2 is 1.57 bits per heavy atom. The predicted molar refractivity (Wildman–Crippen MR) is 149 cm³/mol. The number of aromatic nitrogens is 1. The van der Waals surface area contributed by atoms with Crippen molar-refractivity contribution in [3.63, 3.8) is 0 Å². The third-order valence-corrected chi connectivity index (χ3v) is 9.06. The Morgan fingerprint density at radius 3 is 2.10 bits per heavy atom. The number of hydrogen-bond donors (Lipinski definition) is 0. The molecule has 0 saturated carbocycles. The van der Waals surface area contributed by atoms with Crippen LogP contribution in [0.4, 0.5) is 22.4 Å². The van der Waals surface area contributed by atoms with Crippen molar-refractivity contribution < 1.29 is 40.7 Å². The molecule has 0 aliphatic carbocycles. The van der Waals surface area contributed by atoms with Gasteiger partial charge in [-0.2, -0.15) is 13.2 Å². The molecule has 0 radical (unpaired) electrons. The number of fused-ring (bicyclic) bond motifs is 1. The Balaban J connectivity index is 2.38. The zero-order valence-corrected chi connectivity index (χ0v) is 25.8. The fourth-order valence-corrected chi connectivity index (χ4v) is 7.74. The minimum atomic E-state index is -4.95. The molecule has 0 aliphatic rings. The van der Waals surface area contributed by atoms with E-state index >= 15 is 0 Å². The Kier molecular flexibility index (Phi) is 9.66. The lowest BCUT2D eigenvalue weighted by molar-refractivity contribution is -0.140. The first-order valence-electron chi connectivity index (χ1n) is 12.7.